The Hall–Kier alpha value is -1.92. The Morgan fingerprint density at radius 1 is 1.28 bits per heavy atom. The molecule has 6 nitrogen and oxygen atoms in total. The van der Waals surface area contributed by atoms with Crippen LogP contribution in [0.15, 0.2) is 24.3 Å². The fourth-order valence-corrected chi connectivity index (χ4v) is 3.50. The van der Waals surface area contributed by atoms with Crippen molar-refractivity contribution in [2.75, 3.05) is 50.8 Å². The van der Waals surface area contributed by atoms with E-state index in [0.717, 1.165) is 50.5 Å². The van der Waals surface area contributed by atoms with Gasteiger partial charge in [-0.3, -0.25) is 14.5 Å². The minimum atomic E-state index is -0.262. The summed E-state index contributed by atoms with van der Waals surface area (Å²) < 4.78 is 5.32. The number of rotatable bonds is 6. The number of aryl methyl sites for hydroxylation is 1. The van der Waals surface area contributed by atoms with Gasteiger partial charge in [-0.2, -0.15) is 0 Å². The first kappa shape index (κ1) is 17.9. The highest BCUT2D eigenvalue weighted by Gasteiger charge is 2.35. The zero-order chi connectivity index (χ0) is 17.6. The lowest BCUT2D eigenvalue weighted by Crippen LogP contribution is -2.42. The smallest absolute Gasteiger partial charge is 0.227 e. The molecule has 6 heteroatoms. The van der Waals surface area contributed by atoms with E-state index in [0.29, 0.717) is 19.5 Å². The maximum absolute atomic E-state index is 12.4. The maximum atomic E-state index is 12.4. The van der Waals surface area contributed by atoms with Gasteiger partial charge in [0.25, 0.3) is 0 Å². The van der Waals surface area contributed by atoms with Crippen LogP contribution in [0.4, 0.5) is 5.69 Å². The Bertz CT molecular complexity index is 614. The molecule has 136 valence electrons. The van der Waals surface area contributed by atoms with Gasteiger partial charge >= 0.3 is 0 Å². The molecule has 2 fully saturated rings. The highest BCUT2D eigenvalue weighted by molar-refractivity contribution is 6.00. The number of benzene rings is 1. The molecule has 0 radical (unpaired) electrons. The number of hydrogen-bond acceptors (Lipinski definition) is 4. The van der Waals surface area contributed by atoms with Gasteiger partial charge in [0.1, 0.15) is 0 Å². The largest absolute Gasteiger partial charge is 0.379 e. The molecule has 2 heterocycles. The third-order valence-electron chi connectivity index (χ3n) is 4.99. The summed E-state index contributed by atoms with van der Waals surface area (Å²) >= 11 is 0. The first-order chi connectivity index (χ1) is 12.2. The van der Waals surface area contributed by atoms with Gasteiger partial charge in [-0.05, 0) is 18.1 Å². The van der Waals surface area contributed by atoms with Crippen molar-refractivity contribution in [1.82, 2.24) is 10.2 Å². The normalized spacial score (nSPS) is 21.6. The molecule has 0 bridgehead atoms. The van der Waals surface area contributed by atoms with Crippen molar-refractivity contribution in [2.45, 2.75) is 19.8 Å². The predicted molar refractivity (Wildman–Crippen MR) is 96.5 cm³/mol. The summed E-state index contributed by atoms with van der Waals surface area (Å²) in [5, 5.41) is 2.99. The second-order valence-electron chi connectivity index (χ2n) is 6.63. The molecule has 0 spiro atoms. The van der Waals surface area contributed by atoms with Crippen molar-refractivity contribution in [2.24, 2.45) is 5.92 Å². The number of nitrogens with one attached hydrogen (secondary N) is 1. The maximum Gasteiger partial charge on any atom is 0.227 e. The van der Waals surface area contributed by atoms with Crippen LogP contribution in [0, 0.1) is 5.92 Å². The summed E-state index contributed by atoms with van der Waals surface area (Å²) in [4.78, 5) is 28.9. The van der Waals surface area contributed by atoms with E-state index in [1.807, 2.05) is 24.3 Å². The number of hydrogen-bond donors (Lipinski definition) is 1. The minimum absolute atomic E-state index is 0.0157. The van der Waals surface area contributed by atoms with Crippen LogP contribution >= 0.6 is 0 Å². The van der Waals surface area contributed by atoms with Gasteiger partial charge in [-0.25, -0.2) is 0 Å². The van der Waals surface area contributed by atoms with Crippen LogP contribution in [0.2, 0.25) is 0 Å². The Balaban J connectivity index is 1.52. The minimum Gasteiger partial charge on any atom is -0.379 e. The molecule has 1 aromatic carbocycles. The number of ether oxygens (including phenoxy) is 1. The van der Waals surface area contributed by atoms with E-state index in [2.05, 4.69) is 17.1 Å². The van der Waals surface area contributed by atoms with E-state index in [1.54, 1.807) is 4.90 Å². The fraction of sp³-hybridized carbons (Fsp3) is 0.579. The summed E-state index contributed by atoms with van der Waals surface area (Å²) in [5.74, 6) is -0.241. The average molecular weight is 345 g/mol. The molecule has 1 atom stereocenters. The molecule has 1 N–H and O–H groups in total. The number of morpholine rings is 1. The quantitative estimate of drug-likeness (QED) is 0.837. The average Bonchev–Trinajstić information content (AvgIpc) is 3.04. The number of para-hydroxylation sites is 1. The van der Waals surface area contributed by atoms with Crippen LogP contribution in [0.25, 0.3) is 0 Å². The number of amides is 2. The van der Waals surface area contributed by atoms with E-state index >= 15 is 0 Å². The topological polar surface area (TPSA) is 61.9 Å². The van der Waals surface area contributed by atoms with Crippen LogP contribution in [-0.2, 0) is 20.7 Å². The van der Waals surface area contributed by atoms with E-state index in [4.69, 9.17) is 4.74 Å². The van der Waals surface area contributed by atoms with Gasteiger partial charge in [-0.15, -0.1) is 0 Å². The molecule has 0 aromatic heterocycles. The monoisotopic (exact) mass is 345 g/mol. The molecule has 3 rings (SSSR count). The molecule has 2 aliphatic heterocycles. The third-order valence-corrected chi connectivity index (χ3v) is 4.99. The Morgan fingerprint density at radius 2 is 2.04 bits per heavy atom. The van der Waals surface area contributed by atoms with Crippen LogP contribution in [0.3, 0.4) is 0 Å². The summed E-state index contributed by atoms with van der Waals surface area (Å²) in [6.07, 6.45) is 1.16. The second-order valence-corrected chi connectivity index (χ2v) is 6.63. The van der Waals surface area contributed by atoms with Crippen molar-refractivity contribution >= 4 is 17.5 Å². The molecule has 1 aromatic rings. The first-order valence-electron chi connectivity index (χ1n) is 9.15. The molecule has 2 amide bonds. The lowest BCUT2D eigenvalue weighted by atomic mass is 10.1. The molecular formula is C19H27N3O3. The summed E-state index contributed by atoms with van der Waals surface area (Å²) in [6, 6.07) is 7.93. The van der Waals surface area contributed by atoms with Crippen molar-refractivity contribution in [3.63, 3.8) is 0 Å². The summed E-state index contributed by atoms with van der Waals surface area (Å²) in [6.45, 7) is 7.36. The molecule has 2 saturated heterocycles. The highest BCUT2D eigenvalue weighted by Crippen LogP contribution is 2.28. The van der Waals surface area contributed by atoms with Crippen molar-refractivity contribution in [3.05, 3.63) is 29.8 Å². The van der Waals surface area contributed by atoms with Crippen LogP contribution in [-0.4, -0.2) is 62.7 Å². The van der Waals surface area contributed by atoms with E-state index < -0.39 is 0 Å². The number of carbonyl (C=O) groups excluding carboxylic acids is 2. The Morgan fingerprint density at radius 3 is 2.80 bits per heavy atom. The van der Waals surface area contributed by atoms with Crippen molar-refractivity contribution < 1.29 is 14.3 Å². The van der Waals surface area contributed by atoms with E-state index in [-0.39, 0.29) is 17.7 Å². The molecular weight excluding hydrogens is 318 g/mol. The van der Waals surface area contributed by atoms with Crippen molar-refractivity contribution in [3.8, 4) is 0 Å². The van der Waals surface area contributed by atoms with Gasteiger partial charge in [0.15, 0.2) is 0 Å². The van der Waals surface area contributed by atoms with Crippen molar-refractivity contribution in [1.29, 1.82) is 0 Å². The van der Waals surface area contributed by atoms with Crippen LogP contribution in [0.5, 0.6) is 0 Å². The molecule has 2 aliphatic rings. The van der Waals surface area contributed by atoms with Gasteiger partial charge in [0, 0.05) is 44.8 Å². The molecule has 0 aliphatic carbocycles. The zero-order valence-electron chi connectivity index (χ0n) is 14.9. The van der Waals surface area contributed by atoms with Gasteiger partial charge < -0.3 is 15.0 Å². The summed E-state index contributed by atoms with van der Waals surface area (Å²) in [5.41, 5.74) is 2.09. The first-order valence-corrected chi connectivity index (χ1v) is 9.15. The second kappa shape index (κ2) is 8.45. The number of anilines is 1. The zero-order valence-corrected chi connectivity index (χ0v) is 14.9. The van der Waals surface area contributed by atoms with Gasteiger partial charge in [0.05, 0.1) is 19.1 Å². The summed E-state index contributed by atoms with van der Waals surface area (Å²) in [7, 11) is 0. The highest BCUT2D eigenvalue weighted by atomic mass is 16.5. The SMILES string of the molecule is CCc1ccccc1N1C[C@@H](C(=O)NCCN2CCOCC2)CC1=O. The standard InChI is InChI=1S/C19H27N3O3/c1-2-15-5-3-4-6-17(15)22-14-16(13-18(22)23)19(24)20-7-8-21-9-11-25-12-10-21/h3-6,16H,2,7-14H2,1H3,(H,20,24)/t16-/m0/s1. The van der Waals surface area contributed by atoms with Crippen LogP contribution < -0.4 is 10.2 Å². The number of carbonyl (C=O) groups is 2. The molecule has 0 unspecified atom stereocenters. The lowest BCUT2D eigenvalue weighted by Gasteiger charge is -2.26. The fourth-order valence-electron chi connectivity index (χ4n) is 3.50. The molecule has 0 saturated carbocycles. The number of nitrogens with zero attached hydrogens (tertiary/aromatic N) is 2. The Labute approximate surface area is 149 Å². The van der Waals surface area contributed by atoms with E-state index in [9.17, 15) is 9.59 Å². The Kier molecular flexibility index (Phi) is 6.04. The predicted octanol–water partition coefficient (Wildman–Crippen LogP) is 1.05. The molecule has 25 heavy (non-hydrogen) atoms. The van der Waals surface area contributed by atoms with E-state index in [1.165, 1.54) is 0 Å². The van der Waals surface area contributed by atoms with Gasteiger partial charge in [0.2, 0.25) is 11.8 Å². The lowest BCUT2D eigenvalue weighted by molar-refractivity contribution is -0.126. The van der Waals surface area contributed by atoms with Gasteiger partial charge in [-0.1, -0.05) is 25.1 Å². The van der Waals surface area contributed by atoms with Crippen LogP contribution in [0.1, 0.15) is 18.9 Å². The third kappa shape index (κ3) is 4.38.